The van der Waals surface area contributed by atoms with Gasteiger partial charge in [-0.15, -0.1) is 0 Å². The minimum Gasteiger partial charge on any atom is -0.486 e. The van der Waals surface area contributed by atoms with Crippen LogP contribution in [-0.4, -0.2) is 65.5 Å². The highest BCUT2D eigenvalue weighted by Gasteiger charge is 2.23. The lowest BCUT2D eigenvalue weighted by Crippen LogP contribution is -2.49. The molecular formula is C25H27ClN4O3S. The van der Waals surface area contributed by atoms with Crippen LogP contribution in [0.4, 0.5) is 5.69 Å². The minimum absolute atomic E-state index is 0.141. The van der Waals surface area contributed by atoms with Gasteiger partial charge < -0.3 is 23.8 Å². The molecule has 1 amide bonds. The Bertz CT molecular complexity index is 1180. The van der Waals surface area contributed by atoms with Crippen molar-refractivity contribution < 1.29 is 14.3 Å². The van der Waals surface area contributed by atoms with Gasteiger partial charge in [0.05, 0.1) is 17.6 Å². The Kier molecular flexibility index (Phi) is 6.87. The number of imidazole rings is 1. The topological polar surface area (TPSA) is 59.8 Å². The molecule has 5 rings (SSSR count). The molecule has 0 spiro atoms. The zero-order valence-corrected chi connectivity index (χ0v) is 20.6. The van der Waals surface area contributed by atoms with Crippen LogP contribution < -0.4 is 14.4 Å². The highest BCUT2D eigenvalue weighted by atomic mass is 35.5. The molecule has 0 saturated carbocycles. The number of hydrogen-bond donors (Lipinski definition) is 0. The van der Waals surface area contributed by atoms with Gasteiger partial charge in [-0.2, -0.15) is 0 Å². The SMILES string of the molecule is CCn1c(-c2ccc3c(c2)OCCO3)cnc1SCC(=O)N1CCN(c2cccc(Cl)c2)CC1. The maximum Gasteiger partial charge on any atom is 0.233 e. The minimum atomic E-state index is 0.141. The number of carbonyl (C=O) groups is 1. The highest BCUT2D eigenvalue weighted by molar-refractivity contribution is 7.99. The van der Waals surface area contributed by atoms with Gasteiger partial charge in [0.25, 0.3) is 0 Å². The van der Waals surface area contributed by atoms with Crippen LogP contribution in [0.25, 0.3) is 11.3 Å². The number of thioether (sulfide) groups is 1. The summed E-state index contributed by atoms with van der Waals surface area (Å²) >= 11 is 7.62. The second kappa shape index (κ2) is 10.2. The van der Waals surface area contributed by atoms with E-state index >= 15 is 0 Å². The normalized spacial score (nSPS) is 15.5. The van der Waals surface area contributed by atoms with Crippen molar-refractivity contribution in [3.05, 3.63) is 53.7 Å². The van der Waals surface area contributed by atoms with E-state index in [1.807, 2.05) is 47.5 Å². The van der Waals surface area contributed by atoms with Gasteiger partial charge in [0.15, 0.2) is 16.7 Å². The first-order chi connectivity index (χ1) is 16.6. The maximum atomic E-state index is 12.9. The number of benzene rings is 2. The number of hydrogen-bond acceptors (Lipinski definition) is 6. The zero-order chi connectivity index (χ0) is 23.5. The Balaban J connectivity index is 1.20. The van der Waals surface area contributed by atoms with Crippen LogP contribution in [-0.2, 0) is 11.3 Å². The van der Waals surface area contributed by atoms with Crippen LogP contribution in [0.3, 0.4) is 0 Å². The first-order valence-electron chi connectivity index (χ1n) is 11.5. The predicted octanol–water partition coefficient (Wildman–Crippen LogP) is 4.44. The number of amides is 1. The lowest BCUT2D eigenvalue weighted by atomic mass is 10.1. The van der Waals surface area contributed by atoms with Gasteiger partial charge in [0.2, 0.25) is 5.91 Å². The second-order valence-corrected chi connectivity index (χ2v) is 9.54. The van der Waals surface area contributed by atoms with Crippen molar-refractivity contribution in [3.63, 3.8) is 0 Å². The van der Waals surface area contributed by atoms with E-state index in [-0.39, 0.29) is 5.91 Å². The summed E-state index contributed by atoms with van der Waals surface area (Å²) in [5.41, 5.74) is 3.13. The number of piperazine rings is 1. The molecule has 1 saturated heterocycles. The Morgan fingerprint density at radius 1 is 1.06 bits per heavy atom. The molecule has 9 heteroatoms. The van der Waals surface area contributed by atoms with E-state index < -0.39 is 0 Å². The van der Waals surface area contributed by atoms with Gasteiger partial charge in [0.1, 0.15) is 13.2 Å². The molecule has 0 bridgehead atoms. The average molecular weight is 499 g/mol. The fourth-order valence-corrected chi connectivity index (χ4v) is 5.45. The summed E-state index contributed by atoms with van der Waals surface area (Å²) in [7, 11) is 0. The number of ether oxygens (including phenoxy) is 2. The molecule has 2 aromatic carbocycles. The van der Waals surface area contributed by atoms with E-state index in [1.54, 1.807) is 0 Å². The van der Waals surface area contributed by atoms with Crippen molar-refractivity contribution in [2.75, 3.05) is 50.0 Å². The molecule has 0 atom stereocenters. The molecule has 2 aliphatic heterocycles. The van der Waals surface area contributed by atoms with Crippen molar-refractivity contribution in [2.24, 2.45) is 0 Å². The van der Waals surface area contributed by atoms with Crippen LogP contribution >= 0.6 is 23.4 Å². The number of aromatic nitrogens is 2. The Labute approximate surface area is 208 Å². The fourth-order valence-electron chi connectivity index (χ4n) is 4.32. The summed E-state index contributed by atoms with van der Waals surface area (Å²) in [4.78, 5) is 21.7. The third kappa shape index (κ3) is 4.83. The third-order valence-corrected chi connectivity index (χ3v) is 7.31. The number of halogens is 1. The van der Waals surface area contributed by atoms with E-state index in [0.29, 0.717) is 32.1 Å². The monoisotopic (exact) mass is 498 g/mol. The van der Waals surface area contributed by atoms with E-state index in [9.17, 15) is 4.79 Å². The van der Waals surface area contributed by atoms with Crippen LogP contribution in [0, 0.1) is 0 Å². The molecule has 3 aromatic rings. The summed E-state index contributed by atoms with van der Waals surface area (Å²) in [5, 5.41) is 1.58. The molecule has 0 radical (unpaired) electrons. The standard InChI is InChI=1S/C25H27ClN4O3S/c1-2-30-21(18-6-7-22-23(14-18)33-13-12-32-22)16-27-25(30)34-17-24(31)29-10-8-28(9-11-29)20-5-3-4-19(26)15-20/h3-7,14-16H,2,8-13,17H2,1H3. The molecular weight excluding hydrogens is 472 g/mol. The van der Waals surface area contributed by atoms with Crippen molar-refractivity contribution in [1.82, 2.24) is 14.5 Å². The summed E-state index contributed by atoms with van der Waals surface area (Å²) in [6.45, 7) is 6.99. The zero-order valence-electron chi connectivity index (χ0n) is 19.1. The Morgan fingerprint density at radius 3 is 2.62 bits per heavy atom. The molecule has 178 valence electrons. The van der Waals surface area contributed by atoms with Crippen LogP contribution in [0.1, 0.15) is 6.92 Å². The summed E-state index contributed by atoms with van der Waals surface area (Å²) in [6.07, 6.45) is 1.87. The fraction of sp³-hybridized carbons (Fsp3) is 0.360. The lowest BCUT2D eigenvalue weighted by Gasteiger charge is -2.36. The number of rotatable bonds is 6. The third-order valence-electron chi connectivity index (χ3n) is 6.10. The highest BCUT2D eigenvalue weighted by Crippen LogP contribution is 2.35. The van der Waals surface area contributed by atoms with E-state index in [1.165, 1.54) is 11.8 Å². The van der Waals surface area contributed by atoms with Gasteiger partial charge in [-0.1, -0.05) is 29.4 Å². The van der Waals surface area contributed by atoms with E-state index in [0.717, 1.165) is 58.3 Å². The van der Waals surface area contributed by atoms with E-state index in [4.69, 9.17) is 21.1 Å². The molecule has 7 nitrogen and oxygen atoms in total. The van der Waals surface area contributed by atoms with Crippen molar-refractivity contribution in [2.45, 2.75) is 18.6 Å². The van der Waals surface area contributed by atoms with Crippen molar-refractivity contribution in [1.29, 1.82) is 0 Å². The molecule has 0 unspecified atom stereocenters. The molecule has 0 aliphatic carbocycles. The number of nitrogens with zero attached hydrogens (tertiary/aromatic N) is 4. The molecule has 2 aliphatic rings. The molecule has 1 fully saturated rings. The molecule has 0 N–H and O–H groups in total. The first kappa shape index (κ1) is 22.9. The van der Waals surface area contributed by atoms with Gasteiger partial charge in [0, 0.05) is 49.0 Å². The summed E-state index contributed by atoms with van der Waals surface area (Å²) in [5.74, 6) is 2.04. The smallest absolute Gasteiger partial charge is 0.233 e. The number of fused-ring (bicyclic) bond motifs is 1. The number of carbonyl (C=O) groups excluding carboxylic acids is 1. The predicted molar refractivity (Wildman–Crippen MR) is 135 cm³/mol. The molecule has 1 aromatic heterocycles. The first-order valence-corrected chi connectivity index (χ1v) is 12.9. The number of anilines is 1. The summed E-state index contributed by atoms with van der Waals surface area (Å²) in [6, 6.07) is 13.8. The van der Waals surface area contributed by atoms with Gasteiger partial charge in [-0.05, 0) is 43.3 Å². The molecule has 3 heterocycles. The van der Waals surface area contributed by atoms with Crippen LogP contribution in [0.5, 0.6) is 11.5 Å². The van der Waals surface area contributed by atoms with Gasteiger partial charge in [-0.3, -0.25) is 4.79 Å². The largest absolute Gasteiger partial charge is 0.486 e. The second-order valence-electron chi connectivity index (χ2n) is 8.17. The average Bonchev–Trinajstić information content (AvgIpc) is 3.30. The van der Waals surface area contributed by atoms with Gasteiger partial charge in [-0.25, -0.2) is 4.98 Å². The molecule has 34 heavy (non-hydrogen) atoms. The lowest BCUT2D eigenvalue weighted by molar-refractivity contribution is -0.128. The van der Waals surface area contributed by atoms with Crippen LogP contribution in [0.2, 0.25) is 5.02 Å². The van der Waals surface area contributed by atoms with E-state index in [2.05, 4.69) is 27.4 Å². The van der Waals surface area contributed by atoms with Crippen molar-refractivity contribution in [3.8, 4) is 22.8 Å². The quantitative estimate of drug-likeness (QED) is 0.468. The van der Waals surface area contributed by atoms with Crippen LogP contribution in [0.15, 0.2) is 53.8 Å². The van der Waals surface area contributed by atoms with Gasteiger partial charge >= 0.3 is 0 Å². The summed E-state index contributed by atoms with van der Waals surface area (Å²) < 4.78 is 13.5. The Hall–Kier alpha value is -2.84. The Morgan fingerprint density at radius 2 is 1.85 bits per heavy atom. The van der Waals surface area contributed by atoms with Crippen molar-refractivity contribution >= 4 is 35.0 Å². The maximum absolute atomic E-state index is 12.9.